The largest absolute Gasteiger partial charge is 0.390 e. The van der Waals surface area contributed by atoms with E-state index >= 15 is 0 Å². The minimum atomic E-state index is -0.410. The smallest absolute Gasteiger partial charge is 0.0648 e. The molecule has 0 amide bonds. The molecule has 1 N–H and O–H groups in total. The molecule has 1 fully saturated rings. The van der Waals surface area contributed by atoms with Gasteiger partial charge in [-0.3, -0.25) is 0 Å². The van der Waals surface area contributed by atoms with Crippen molar-refractivity contribution >= 4 is 0 Å². The maximum absolute atomic E-state index is 10.5. The van der Waals surface area contributed by atoms with Gasteiger partial charge >= 0.3 is 0 Å². The Morgan fingerprint density at radius 2 is 1.87 bits per heavy atom. The highest BCUT2D eigenvalue weighted by Crippen LogP contribution is 2.39. The molecule has 2 heteroatoms. The molecule has 1 aliphatic carbocycles. The molecule has 0 bridgehead atoms. The third-order valence-electron chi connectivity index (χ3n) is 3.75. The molecule has 1 rings (SSSR count). The van der Waals surface area contributed by atoms with E-state index < -0.39 is 5.60 Å². The van der Waals surface area contributed by atoms with Crippen LogP contribution in [0.1, 0.15) is 58.8 Å². The summed E-state index contributed by atoms with van der Waals surface area (Å²) in [5.41, 5.74) is 0.0119. The average Bonchev–Trinajstić information content (AvgIpc) is 2.27. The Labute approximate surface area is 94.0 Å². The van der Waals surface area contributed by atoms with Crippen molar-refractivity contribution in [2.24, 2.45) is 5.41 Å². The molecule has 0 aromatic heterocycles. The predicted octanol–water partition coefficient (Wildman–Crippen LogP) is 3.13. The van der Waals surface area contributed by atoms with Gasteiger partial charge in [0.05, 0.1) is 5.60 Å². The van der Waals surface area contributed by atoms with E-state index in [9.17, 15) is 5.11 Å². The quantitative estimate of drug-likeness (QED) is 0.575. The maximum atomic E-state index is 10.5. The van der Waals surface area contributed by atoms with Crippen LogP contribution in [0.3, 0.4) is 0 Å². The Bertz CT molecular complexity index is 189. The lowest BCUT2D eigenvalue weighted by Crippen LogP contribution is -2.28. The minimum Gasteiger partial charge on any atom is -0.390 e. The lowest BCUT2D eigenvalue weighted by molar-refractivity contribution is 0.00634. The number of ether oxygens (including phenoxy) is 1. The van der Waals surface area contributed by atoms with Gasteiger partial charge in [0.1, 0.15) is 0 Å². The van der Waals surface area contributed by atoms with Crippen molar-refractivity contribution in [3.63, 3.8) is 0 Å². The Kier molecular flexibility index (Phi) is 4.60. The molecule has 1 unspecified atom stereocenters. The average molecular weight is 214 g/mol. The van der Waals surface area contributed by atoms with E-state index in [4.69, 9.17) is 4.74 Å². The van der Waals surface area contributed by atoms with E-state index in [1.165, 1.54) is 6.42 Å². The summed E-state index contributed by atoms with van der Waals surface area (Å²) in [4.78, 5) is 0. The monoisotopic (exact) mass is 214 g/mol. The van der Waals surface area contributed by atoms with Gasteiger partial charge in [-0.15, -0.1) is 0 Å². The topological polar surface area (TPSA) is 29.5 Å². The van der Waals surface area contributed by atoms with Gasteiger partial charge < -0.3 is 9.84 Å². The molecule has 0 aromatic carbocycles. The Hall–Kier alpha value is -0.0800. The summed E-state index contributed by atoms with van der Waals surface area (Å²) in [6.07, 6.45) is 7.38. The normalized spacial score (nSPS) is 31.2. The first-order valence-electron chi connectivity index (χ1n) is 6.19. The van der Waals surface area contributed by atoms with E-state index in [1.54, 1.807) is 7.11 Å². The summed E-state index contributed by atoms with van der Waals surface area (Å²) in [5.74, 6) is 0. The first-order chi connectivity index (χ1) is 6.97. The number of hydrogen-bond donors (Lipinski definition) is 1. The van der Waals surface area contributed by atoms with Gasteiger partial charge in [0.2, 0.25) is 0 Å². The number of rotatable bonds is 4. The second-order valence-corrected chi connectivity index (χ2v) is 5.84. The molecule has 1 saturated carbocycles. The summed E-state index contributed by atoms with van der Waals surface area (Å²) < 4.78 is 5.04. The molecule has 0 aliphatic heterocycles. The van der Waals surface area contributed by atoms with Crippen LogP contribution in [0, 0.1) is 5.41 Å². The summed E-state index contributed by atoms with van der Waals surface area (Å²) >= 11 is 0. The molecule has 0 spiro atoms. The van der Waals surface area contributed by atoms with E-state index in [0.29, 0.717) is 5.41 Å². The van der Waals surface area contributed by atoms with Crippen molar-refractivity contribution in [3.05, 3.63) is 0 Å². The molecule has 90 valence electrons. The van der Waals surface area contributed by atoms with Crippen LogP contribution < -0.4 is 0 Å². The van der Waals surface area contributed by atoms with E-state index in [2.05, 4.69) is 13.8 Å². The predicted molar refractivity (Wildman–Crippen MR) is 62.9 cm³/mol. The van der Waals surface area contributed by atoms with Gasteiger partial charge in [-0.2, -0.15) is 0 Å². The van der Waals surface area contributed by atoms with Crippen LogP contribution in [-0.2, 0) is 4.74 Å². The van der Waals surface area contributed by atoms with Crippen LogP contribution in [0.5, 0.6) is 0 Å². The second-order valence-electron chi connectivity index (χ2n) is 5.84. The van der Waals surface area contributed by atoms with Gasteiger partial charge in [0.25, 0.3) is 0 Å². The molecule has 0 radical (unpaired) electrons. The molecule has 1 aliphatic rings. The van der Waals surface area contributed by atoms with Crippen LogP contribution in [0.15, 0.2) is 0 Å². The van der Waals surface area contributed by atoms with E-state index in [-0.39, 0.29) is 0 Å². The first kappa shape index (κ1) is 13.0. The van der Waals surface area contributed by atoms with Gasteiger partial charge in [-0.05, 0) is 43.9 Å². The zero-order chi connectivity index (χ0) is 11.4. The highest BCUT2D eigenvalue weighted by molar-refractivity contribution is 4.86. The third kappa shape index (κ3) is 4.52. The maximum Gasteiger partial charge on any atom is 0.0648 e. The minimum absolute atomic E-state index is 0.410. The van der Waals surface area contributed by atoms with E-state index in [1.807, 2.05) is 0 Å². The Morgan fingerprint density at radius 3 is 2.53 bits per heavy atom. The van der Waals surface area contributed by atoms with Gasteiger partial charge in [0, 0.05) is 13.7 Å². The van der Waals surface area contributed by atoms with Gasteiger partial charge in [0.15, 0.2) is 0 Å². The molecule has 0 saturated heterocycles. The van der Waals surface area contributed by atoms with Crippen LogP contribution in [0.4, 0.5) is 0 Å². The zero-order valence-electron chi connectivity index (χ0n) is 10.5. The summed E-state index contributed by atoms with van der Waals surface area (Å²) in [7, 11) is 1.72. The zero-order valence-corrected chi connectivity index (χ0v) is 10.5. The molecule has 0 aromatic rings. The van der Waals surface area contributed by atoms with Crippen molar-refractivity contribution in [2.45, 2.75) is 64.4 Å². The summed E-state index contributed by atoms with van der Waals surface area (Å²) in [6.45, 7) is 5.40. The van der Waals surface area contributed by atoms with Crippen molar-refractivity contribution < 1.29 is 9.84 Å². The van der Waals surface area contributed by atoms with Gasteiger partial charge in [-0.1, -0.05) is 20.3 Å². The molecule has 15 heavy (non-hydrogen) atoms. The second kappa shape index (κ2) is 5.31. The van der Waals surface area contributed by atoms with Gasteiger partial charge in [-0.25, -0.2) is 0 Å². The Balaban J connectivity index is 2.40. The standard InChI is InChI=1S/C13H26O2/c1-12(2)6-4-7-13(14,10-9-12)8-5-11-15-3/h14H,4-11H2,1-3H3. The van der Waals surface area contributed by atoms with Crippen LogP contribution in [0.25, 0.3) is 0 Å². The number of methoxy groups -OCH3 is 1. The van der Waals surface area contributed by atoms with E-state index in [0.717, 1.165) is 45.1 Å². The first-order valence-corrected chi connectivity index (χ1v) is 6.19. The van der Waals surface area contributed by atoms with Crippen molar-refractivity contribution in [3.8, 4) is 0 Å². The molecule has 0 heterocycles. The summed E-state index contributed by atoms with van der Waals surface area (Å²) in [5, 5.41) is 10.5. The lowest BCUT2D eigenvalue weighted by Gasteiger charge is -2.27. The Morgan fingerprint density at radius 1 is 1.13 bits per heavy atom. The van der Waals surface area contributed by atoms with Crippen molar-refractivity contribution in [2.75, 3.05) is 13.7 Å². The van der Waals surface area contributed by atoms with Crippen LogP contribution in [0.2, 0.25) is 0 Å². The highest BCUT2D eigenvalue weighted by Gasteiger charge is 2.33. The van der Waals surface area contributed by atoms with Crippen LogP contribution >= 0.6 is 0 Å². The number of aliphatic hydroxyl groups is 1. The fourth-order valence-corrected chi connectivity index (χ4v) is 2.51. The highest BCUT2D eigenvalue weighted by atomic mass is 16.5. The SMILES string of the molecule is COCCCC1(O)CCCC(C)(C)CC1. The van der Waals surface area contributed by atoms with Crippen LogP contribution in [-0.4, -0.2) is 24.4 Å². The van der Waals surface area contributed by atoms with Crippen molar-refractivity contribution in [1.82, 2.24) is 0 Å². The summed E-state index contributed by atoms with van der Waals surface area (Å²) in [6, 6.07) is 0. The fourth-order valence-electron chi connectivity index (χ4n) is 2.51. The fraction of sp³-hybridized carbons (Fsp3) is 1.00. The molecule has 1 atom stereocenters. The molecule has 2 nitrogen and oxygen atoms in total. The molecular formula is C13H26O2. The third-order valence-corrected chi connectivity index (χ3v) is 3.75. The number of hydrogen-bond acceptors (Lipinski definition) is 2. The lowest BCUT2D eigenvalue weighted by atomic mass is 9.83. The van der Waals surface area contributed by atoms with Crippen molar-refractivity contribution in [1.29, 1.82) is 0 Å². The molecular weight excluding hydrogens is 188 g/mol.